The van der Waals surface area contributed by atoms with Crippen LogP contribution < -0.4 is 5.32 Å². The monoisotopic (exact) mass is 279 g/mol. The Kier molecular flexibility index (Phi) is 5.76. The first-order valence-corrected chi connectivity index (χ1v) is 6.30. The molecule has 0 aliphatic rings. The third-order valence-electron chi connectivity index (χ3n) is 2.58. The maximum absolute atomic E-state index is 10.9. The van der Waals surface area contributed by atoms with E-state index in [-0.39, 0.29) is 5.69 Å². The average molecular weight is 279 g/mol. The standard InChI is InChI=1S/C13H21N5O2/c1-16(2)13(17(3)4)15-10-9-14-11-7-5-6-8-12(11)18(19)20/h5-8,14H,9-10H2,1-4H3. The molecule has 1 aromatic carbocycles. The van der Waals surface area contributed by atoms with Crippen LogP contribution in [0.2, 0.25) is 0 Å². The van der Waals surface area contributed by atoms with Crippen molar-refractivity contribution >= 4 is 17.3 Å². The molecule has 0 aromatic heterocycles. The van der Waals surface area contributed by atoms with E-state index >= 15 is 0 Å². The van der Waals surface area contributed by atoms with E-state index in [0.717, 1.165) is 5.96 Å². The third-order valence-corrected chi connectivity index (χ3v) is 2.58. The van der Waals surface area contributed by atoms with Crippen molar-refractivity contribution in [2.45, 2.75) is 0 Å². The van der Waals surface area contributed by atoms with Gasteiger partial charge in [0.15, 0.2) is 5.96 Å². The van der Waals surface area contributed by atoms with E-state index < -0.39 is 4.92 Å². The lowest BCUT2D eigenvalue weighted by molar-refractivity contribution is -0.384. The Hall–Kier alpha value is -2.31. The zero-order valence-electron chi connectivity index (χ0n) is 12.3. The van der Waals surface area contributed by atoms with Crippen molar-refractivity contribution < 1.29 is 4.92 Å². The first-order valence-electron chi connectivity index (χ1n) is 6.30. The number of guanidine groups is 1. The van der Waals surface area contributed by atoms with Crippen molar-refractivity contribution in [1.82, 2.24) is 9.80 Å². The Morgan fingerprint density at radius 3 is 2.40 bits per heavy atom. The number of anilines is 1. The number of para-hydroxylation sites is 2. The second-order valence-corrected chi connectivity index (χ2v) is 4.67. The summed E-state index contributed by atoms with van der Waals surface area (Å²) in [6, 6.07) is 6.60. The number of nitro benzene ring substituents is 1. The summed E-state index contributed by atoms with van der Waals surface area (Å²) >= 11 is 0. The van der Waals surface area contributed by atoms with Gasteiger partial charge in [0.25, 0.3) is 5.69 Å². The maximum atomic E-state index is 10.9. The highest BCUT2D eigenvalue weighted by atomic mass is 16.6. The Morgan fingerprint density at radius 2 is 1.85 bits per heavy atom. The first kappa shape index (κ1) is 15.7. The van der Waals surface area contributed by atoms with Crippen LogP contribution in [-0.2, 0) is 0 Å². The Balaban J connectivity index is 2.61. The van der Waals surface area contributed by atoms with Gasteiger partial charge in [-0.15, -0.1) is 0 Å². The molecule has 1 aromatic rings. The fourth-order valence-corrected chi connectivity index (χ4v) is 1.81. The second kappa shape index (κ2) is 7.32. The van der Waals surface area contributed by atoms with Crippen LogP contribution in [-0.4, -0.2) is 62.0 Å². The highest BCUT2D eigenvalue weighted by molar-refractivity contribution is 5.79. The predicted octanol–water partition coefficient (Wildman–Crippen LogP) is 1.49. The van der Waals surface area contributed by atoms with Crippen molar-refractivity contribution in [2.24, 2.45) is 4.99 Å². The van der Waals surface area contributed by atoms with E-state index in [1.54, 1.807) is 18.2 Å². The summed E-state index contributed by atoms with van der Waals surface area (Å²) < 4.78 is 0. The largest absolute Gasteiger partial charge is 0.378 e. The van der Waals surface area contributed by atoms with E-state index in [0.29, 0.717) is 18.8 Å². The number of hydrogen-bond donors (Lipinski definition) is 1. The molecular formula is C13H21N5O2. The van der Waals surface area contributed by atoms with E-state index in [9.17, 15) is 10.1 Å². The molecule has 0 fully saturated rings. The number of hydrogen-bond acceptors (Lipinski definition) is 4. The van der Waals surface area contributed by atoms with Gasteiger partial charge in [-0.2, -0.15) is 0 Å². The van der Waals surface area contributed by atoms with Crippen LogP contribution in [0.3, 0.4) is 0 Å². The van der Waals surface area contributed by atoms with Gasteiger partial charge in [0.05, 0.1) is 11.5 Å². The molecule has 20 heavy (non-hydrogen) atoms. The molecule has 0 heterocycles. The summed E-state index contributed by atoms with van der Waals surface area (Å²) in [5.41, 5.74) is 0.598. The minimum Gasteiger partial charge on any atom is -0.378 e. The Morgan fingerprint density at radius 1 is 1.25 bits per heavy atom. The molecule has 110 valence electrons. The van der Waals surface area contributed by atoms with Gasteiger partial charge in [-0.3, -0.25) is 15.1 Å². The van der Waals surface area contributed by atoms with E-state index in [1.165, 1.54) is 6.07 Å². The maximum Gasteiger partial charge on any atom is 0.292 e. The smallest absolute Gasteiger partial charge is 0.292 e. The molecule has 7 nitrogen and oxygen atoms in total. The van der Waals surface area contributed by atoms with Crippen LogP contribution in [0.1, 0.15) is 0 Å². The first-order chi connectivity index (χ1) is 9.43. The van der Waals surface area contributed by atoms with Gasteiger partial charge in [0.1, 0.15) is 5.69 Å². The lowest BCUT2D eigenvalue weighted by Crippen LogP contribution is -2.35. The highest BCUT2D eigenvalue weighted by Gasteiger charge is 2.11. The molecule has 1 rings (SSSR count). The summed E-state index contributed by atoms with van der Waals surface area (Å²) in [6.45, 7) is 1.08. The summed E-state index contributed by atoms with van der Waals surface area (Å²) in [6.07, 6.45) is 0. The highest BCUT2D eigenvalue weighted by Crippen LogP contribution is 2.22. The lowest BCUT2D eigenvalue weighted by atomic mass is 10.2. The molecule has 0 radical (unpaired) electrons. The number of benzene rings is 1. The van der Waals surface area contributed by atoms with Crippen LogP contribution in [0.4, 0.5) is 11.4 Å². The van der Waals surface area contributed by atoms with Crippen molar-refractivity contribution in [3.05, 3.63) is 34.4 Å². The molecule has 0 amide bonds. The normalized spacial score (nSPS) is 9.80. The van der Waals surface area contributed by atoms with Crippen LogP contribution in [0, 0.1) is 10.1 Å². The molecule has 0 saturated carbocycles. The zero-order valence-corrected chi connectivity index (χ0v) is 12.3. The van der Waals surface area contributed by atoms with E-state index in [2.05, 4.69) is 10.3 Å². The lowest BCUT2D eigenvalue weighted by Gasteiger charge is -2.22. The number of nitrogens with zero attached hydrogens (tertiary/aromatic N) is 4. The second-order valence-electron chi connectivity index (χ2n) is 4.67. The van der Waals surface area contributed by atoms with Crippen molar-refractivity contribution in [3.8, 4) is 0 Å². The predicted molar refractivity (Wildman–Crippen MR) is 81.3 cm³/mol. The molecule has 0 aliphatic heterocycles. The van der Waals surface area contributed by atoms with Crippen LogP contribution in [0.15, 0.2) is 29.3 Å². The number of nitro groups is 1. The van der Waals surface area contributed by atoms with Crippen LogP contribution in [0.25, 0.3) is 0 Å². The minimum absolute atomic E-state index is 0.0805. The van der Waals surface area contributed by atoms with Crippen molar-refractivity contribution in [2.75, 3.05) is 46.6 Å². The molecular weight excluding hydrogens is 258 g/mol. The van der Waals surface area contributed by atoms with Gasteiger partial charge in [-0.1, -0.05) is 12.1 Å². The molecule has 0 aliphatic carbocycles. The summed E-state index contributed by atoms with van der Waals surface area (Å²) in [4.78, 5) is 18.8. The zero-order chi connectivity index (χ0) is 15.1. The Labute approximate surface area is 119 Å². The van der Waals surface area contributed by atoms with Gasteiger partial charge in [0.2, 0.25) is 0 Å². The molecule has 0 unspecified atom stereocenters. The summed E-state index contributed by atoms with van der Waals surface area (Å²) in [7, 11) is 7.70. The fourth-order valence-electron chi connectivity index (χ4n) is 1.81. The van der Waals surface area contributed by atoms with Gasteiger partial charge in [-0.25, -0.2) is 0 Å². The summed E-state index contributed by atoms with van der Waals surface area (Å²) in [5, 5.41) is 13.9. The molecule has 0 atom stereocenters. The number of nitrogens with one attached hydrogen (secondary N) is 1. The van der Waals surface area contributed by atoms with Crippen LogP contribution in [0.5, 0.6) is 0 Å². The Bertz CT molecular complexity index is 475. The summed E-state index contributed by atoms with van der Waals surface area (Å²) in [5.74, 6) is 0.856. The molecule has 0 spiro atoms. The van der Waals surface area contributed by atoms with Gasteiger partial charge in [-0.05, 0) is 6.07 Å². The van der Waals surface area contributed by atoms with Crippen molar-refractivity contribution in [1.29, 1.82) is 0 Å². The number of rotatable bonds is 5. The molecule has 0 bridgehead atoms. The molecule has 7 heteroatoms. The quantitative estimate of drug-likeness (QED) is 0.290. The SMILES string of the molecule is CN(C)C(=NCCNc1ccccc1[N+](=O)[O-])N(C)C. The third kappa shape index (κ3) is 4.42. The van der Waals surface area contributed by atoms with Crippen molar-refractivity contribution in [3.63, 3.8) is 0 Å². The molecule has 1 N–H and O–H groups in total. The average Bonchev–Trinajstić information content (AvgIpc) is 2.37. The van der Waals surface area contributed by atoms with Gasteiger partial charge < -0.3 is 15.1 Å². The molecule has 0 saturated heterocycles. The topological polar surface area (TPSA) is 74.0 Å². The minimum atomic E-state index is -0.392. The van der Waals surface area contributed by atoms with Gasteiger partial charge in [0, 0.05) is 40.8 Å². The van der Waals surface area contributed by atoms with Crippen LogP contribution >= 0.6 is 0 Å². The number of aliphatic imine (C=N–C) groups is 1. The van der Waals surface area contributed by atoms with E-state index in [4.69, 9.17) is 0 Å². The fraction of sp³-hybridized carbons (Fsp3) is 0.462. The van der Waals surface area contributed by atoms with E-state index in [1.807, 2.05) is 38.0 Å². The van der Waals surface area contributed by atoms with Gasteiger partial charge >= 0.3 is 0 Å².